The van der Waals surface area contributed by atoms with Gasteiger partial charge in [-0.25, -0.2) is 4.79 Å². The van der Waals surface area contributed by atoms with Gasteiger partial charge in [0.1, 0.15) is 6.10 Å². The SMILES string of the molecule is C=C[C@@H]1OC(=O)C[C@@H]2C/C(=C\C(=O)OC)C[C@H](C[C@@H]3CCC[C@H](CC(C)C=C[C@@H]1C)O3)O2. The zero-order valence-electron chi connectivity index (χ0n) is 19.7. The lowest BCUT2D eigenvalue weighted by atomic mass is 9.89. The van der Waals surface area contributed by atoms with E-state index in [1.165, 1.54) is 13.2 Å². The molecule has 0 aliphatic carbocycles. The molecule has 0 N–H and O–H groups in total. The van der Waals surface area contributed by atoms with E-state index in [9.17, 15) is 9.59 Å². The molecule has 0 radical (unpaired) electrons. The smallest absolute Gasteiger partial charge is 0.330 e. The molecule has 0 saturated carbocycles. The van der Waals surface area contributed by atoms with Gasteiger partial charge >= 0.3 is 11.9 Å². The first kappa shape index (κ1) is 24.7. The van der Waals surface area contributed by atoms with Crippen molar-refractivity contribution in [3.05, 3.63) is 36.5 Å². The predicted molar refractivity (Wildman–Crippen MR) is 122 cm³/mol. The van der Waals surface area contributed by atoms with E-state index in [1.807, 2.05) is 6.92 Å². The number of cyclic esters (lactones) is 1. The summed E-state index contributed by atoms with van der Waals surface area (Å²) >= 11 is 0. The number of carbonyl (C=O) groups excluding carboxylic acids is 2. The third-order valence-electron chi connectivity index (χ3n) is 6.64. The van der Waals surface area contributed by atoms with Gasteiger partial charge in [-0.05, 0) is 44.4 Å². The third-order valence-corrected chi connectivity index (χ3v) is 6.64. The van der Waals surface area contributed by atoms with Gasteiger partial charge in [-0.3, -0.25) is 4.79 Å². The van der Waals surface area contributed by atoms with Crippen LogP contribution < -0.4 is 0 Å². The van der Waals surface area contributed by atoms with Gasteiger partial charge in [0.2, 0.25) is 0 Å². The van der Waals surface area contributed by atoms with Crippen LogP contribution in [0, 0.1) is 11.8 Å². The maximum Gasteiger partial charge on any atom is 0.330 e. The number of methoxy groups -OCH3 is 1. The quantitative estimate of drug-likeness (QED) is 0.348. The molecular formula is C26H38O6. The highest BCUT2D eigenvalue weighted by Crippen LogP contribution is 2.33. The molecule has 2 saturated heterocycles. The van der Waals surface area contributed by atoms with Crippen LogP contribution in [0.2, 0.25) is 0 Å². The molecule has 3 heterocycles. The standard InChI is InChI=1S/C26H38O6/c1-5-24-18(3)10-9-17(2)11-20-7-6-8-21(30-20)15-22-12-19(14-25(27)29-4)13-23(31-22)16-26(28)32-24/h5,9-10,14,17-18,20-24H,1,6-8,11-13,15-16H2,2-4H3/b10-9?,19-14-/t17?,18-,20+,21-,22+,23-,24-/m0/s1. The van der Waals surface area contributed by atoms with Gasteiger partial charge in [-0.15, -0.1) is 0 Å². The van der Waals surface area contributed by atoms with Crippen molar-refractivity contribution in [1.29, 1.82) is 0 Å². The van der Waals surface area contributed by atoms with E-state index in [2.05, 4.69) is 25.7 Å². The molecule has 0 amide bonds. The molecule has 3 aliphatic rings. The van der Waals surface area contributed by atoms with Crippen LogP contribution in [0.3, 0.4) is 0 Å². The lowest BCUT2D eigenvalue weighted by Crippen LogP contribution is -2.37. The number of allylic oxidation sites excluding steroid dienone is 1. The monoisotopic (exact) mass is 446 g/mol. The maximum absolute atomic E-state index is 12.7. The fourth-order valence-corrected chi connectivity index (χ4v) is 4.98. The summed E-state index contributed by atoms with van der Waals surface area (Å²) in [6.45, 7) is 8.08. The number of carbonyl (C=O) groups is 2. The van der Waals surface area contributed by atoms with Gasteiger partial charge < -0.3 is 18.9 Å². The van der Waals surface area contributed by atoms with Crippen LogP contribution in [-0.4, -0.2) is 49.6 Å². The zero-order valence-corrected chi connectivity index (χ0v) is 19.7. The van der Waals surface area contributed by atoms with E-state index in [-0.39, 0.29) is 48.7 Å². The third kappa shape index (κ3) is 7.31. The maximum atomic E-state index is 12.7. The van der Waals surface area contributed by atoms with Crippen molar-refractivity contribution >= 4 is 11.9 Å². The summed E-state index contributed by atoms with van der Waals surface area (Å²) in [5, 5.41) is 0. The van der Waals surface area contributed by atoms with Crippen molar-refractivity contribution in [3.63, 3.8) is 0 Å². The first-order valence-corrected chi connectivity index (χ1v) is 11.9. The number of hydrogen-bond donors (Lipinski definition) is 0. The Balaban J connectivity index is 1.82. The number of rotatable bonds is 2. The molecule has 6 nitrogen and oxygen atoms in total. The molecule has 178 valence electrons. The molecule has 6 heteroatoms. The van der Waals surface area contributed by atoms with Crippen LogP contribution in [0.25, 0.3) is 0 Å². The van der Waals surface area contributed by atoms with Crippen molar-refractivity contribution < 1.29 is 28.5 Å². The molecule has 7 atom stereocenters. The molecule has 32 heavy (non-hydrogen) atoms. The van der Waals surface area contributed by atoms with E-state index in [4.69, 9.17) is 18.9 Å². The van der Waals surface area contributed by atoms with E-state index < -0.39 is 6.10 Å². The first-order valence-electron chi connectivity index (χ1n) is 11.9. The van der Waals surface area contributed by atoms with Crippen LogP contribution in [0.15, 0.2) is 36.5 Å². The second kappa shape index (κ2) is 11.8. The van der Waals surface area contributed by atoms with E-state index >= 15 is 0 Å². The van der Waals surface area contributed by atoms with Crippen LogP contribution in [0.1, 0.15) is 65.2 Å². The highest BCUT2D eigenvalue weighted by Gasteiger charge is 2.33. The van der Waals surface area contributed by atoms with E-state index in [0.29, 0.717) is 18.8 Å². The fourth-order valence-electron chi connectivity index (χ4n) is 4.98. The summed E-state index contributed by atoms with van der Waals surface area (Å²) in [6, 6.07) is 0. The van der Waals surface area contributed by atoms with Gasteiger partial charge in [0, 0.05) is 18.4 Å². The van der Waals surface area contributed by atoms with Crippen molar-refractivity contribution in [2.75, 3.05) is 7.11 Å². The molecule has 4 bridgehead atoms. The fraction of sp³-hybridized carbons (Fsp3) is 0.692. The Hall–Kier alpha value is -1.92. The second-order valence-corrected chi connectivity index (χ2v) is 9.51. The molecular weight excluding hydrogens is 408 g/mol. The average molecular weight is 447 g/mol. The van der Waals surface area contributed by atoms with Crippen molar-refractivity contribution in [3.8, 4) is 0 Å². The summed E-state index contributed by atoms with van der Waals surface area (Å²) in [4.78, 5) is 24.5. The molecule has 0 spiro atoms. The zero-order chi connectivity index (χ0) is 23.1. The largest absolute Gasteiger partial charge is 0.466 e. The number of ether oxygens (including phenoxy) is 4. The Morgan fingerprint density at radius 2 is 1.72 bits per heavy atom. The number of fused-ring (bicyclic) bond motifs is 4. The summed E-state index contributed by atoms with van der Waals surface area (Å²) in [5.74, 6) is -0.284. The summed E-state index contributed by atoms with van der Waals surface area (Å²) in [7, 11) is 1.37. The van der Waals surface area contributed by atoms with Crippen LogP contribution in [0.4, 0.5) is 0 Å². The van der Waals surface area contributed by atoms with Gasteiger partial charge in [-0.1, -0.05) is 44.2 Å². The Bertz CT molecular complexity index is 726. The second-order valence-electron chi connectivity index (χ2n) is 9.51. The summed E-state index contributed by atoms with van der Waals surface area (Å²) in [6.07, 6.45) is 13.4. The minimum Gasteiger partial charge on any atom is -0.466 e. The topological polar surface area (TPSA) is 71.1 Å². The first-order chi connectivity index (χ1) is 15.4. The molecule has 2 fully saturated rings. The van der Waals surface area contributed by atoms with Crippen LogP contribution in [0.5, 0.6) is 0 Å². The molecule has 3 rings (SSSR count). The Morgan fingerprint density at radius 1 is 1.03 bits per heavy atom. The Kier molecular flexibility index (Phi) is 9.11. The van der Waals surface area contributed by atoms with Crippen molar-refractivity contribution in [2.45, 2.75) is 95.7 Å². The lowest BCUT2D eigenvalue weighted by Gasteiger charge is -2.37. The minimum absolute atomic E-state index is 0.0293. The lowest BCUT2D eigenvalue weighted by molar-refractivity contribution is -0.154. The van der Waals surface area contributed by atoms with E-state index in [1.54, 1.807) is 6.08 Å². The molecule has 0 aromatic rings. The number of esters is 2. The van der Waals surface area contributed by atoms with E-state index in [0.717, 1.165) is 37.7 Å². The predicted octanol–water partition coefficient (Wildman–Crippen LogP) is 4.68. The van der Waals surface area contributed by atoms with Crippen LogP contribution >= 0.6 is 0 Å². The Labute approximate surface area is 192 Å². The summed E-state index contributed by atoms with van der Waals surface area (Å²) in [5.41, 5.74) is 0.949. The van der Waals surface area contributed by atoms with Crippen molar-refractivity contribution in [1.82, 2.24) is 0 Å². The summed E-state index contributed by atoms with van der Waals surface area (Å²) < 4.78 is 23.3. The minimum atomic E-state index is -0.390. The average Bonchev–Trinajstić information content (AvgIpc) is 2.75. The van der Waals surface area contributed by atoms with Gasteiger partial charge in [0.05, 0.1) is 37.9 Å². The van der Waals surface area contributed by atoms with Gasteiger partial charge in [0.25, 0.3) is 0 Å². The number of hydrogen-bond acceptors (Lipinski definition) is 6. The van der Waals surface area contributed by atoms with Crippen molar-refractivity contribution in [2.24, 2.45) is 11.8 Å². The highest BCUT2D eigenvalue weighted by molar-refractivity contribution is 5.82. The molecule has 1 unspecified atom stereocenters. The molecule has 0 aromatic carbocycles. The van der Waals surface area contributed by atoms with Crippen LogP contribution in [-0.2, 0) is 28.5 Å². The molecule has 0 aromatic heterocycles. The normalized spacial score (nSPS) is 38.0. The Morgan fingerprint density at radius 3 is 2.44 bits per heavy atom. The highest BCUT2D eigenvalue weighted by atomic mass is 16.6. The molecule has 3 aliphatic heterocycles. The van der Waals surface area contributed by atoms with Gasteiger partial charge in [-0.2, -0.15) is 0 Å². The van der Waals surface area contributed by atoms with Gasteiger partial charge in [0.15, 0.2) is 0 Å².